The molecule has 0 saturated carbocycles. The van der Waals surface area contributed by atoms with Crippen LogP contribution in [0.4, 0.5) is 10.1 Å². The van der Waals surface area contributed by atoms with E-state index in [0.717, 1.165) is 31.5 Å². The van der Waals surface area contributed by atoms with Crippen LogP contribution in [-0.2, 0) is 6.42 Å². The molecule has 3 heteroatoms. The Morgan fingerprint density at radius 1 is 1.47 bits per heavy atom. The quantitative estimate of drug-likeness (QED) is 0.871. The fourth-order valence-corrected chi connectivity index (χ4v) is 2.80. The number of benzene rings is 1. The van der Waals surface area contributed by atoms with E-state index in [1.54, 1.807) is 12.1 Å². The van der Waals surface area contributed by atoms with Crippen LogP contribution in [0.3, 0.4) is 0 Å². The van der Waals surface area contributed by atoms with E-state index >= 15 is 0 Å². The van der Waals surface area contributed by atoms with Crippen LogP contribution >= 0.6 is 0 Å². The third kappa shape index (κ3) is 2.16. The zero-order chi connectivity index (χ0) is 12.5. The molecule has 1 aromatic carbocycles. The molecule has 1 aliphatic rings. The summed E-state index contributed by atoms with van der Waals surface area (Å²) in [7, 11) is 0. The maximum Gasteiger partial charge on any atom is 0.125 e. The zero-order valence-electron chi connectivity index (χ0n) is 10.7. The monoisotopic (exact) mass is 236 g/mol. The van der Waals surface area contributed by atoms with Crippen LogP contribution in [0.2, 0.25) is 0 Å². The lowest BCUT2D eigenvalue weighted by atomic mass is 9.94. The summed E-state index contributed by atoms with van der Waals surface area (Å²) in [5.41, 5.74) is 8.16. The molecule has 0 radical (unpaired) electrons. The van der Waals surface area contributed by atoms with Gasteiger partial charge in [0.15, 0.2) is 0 Å². The van der Waals surface area contributed by atoms with Crippen LogP contribution in [0.5, 0.6) is 0 Å². The first-order chi connectivity index (χ1) is 8.10. The molecule has 1 unspecified atom stereocenters. The van der Waals surface area contributed by atoms with Crippen LogP contribution in [0, 0.1) is 5.82 Å². The van der Waals surface area contributed by atoms with Crippen LogP contribution in [0.25, 0.3) is 0 Å². The van der Waals surface area contributed by atoms with E-state index in [0.29, 0.717) is 6.54 Å². The molecule has 0 aromatic heterocycles. The lowest BCUT2D eigenvalue weighted by Gasteiger charge is -2.40. The molecule has 2 nitrogen and oxygen atoms in total. The summed E-state index contributed by atoms with van der Waals surface area (Å²) in [6.45, 7) is 5.90. The lowest BCUT2D eigenvalue weighted by Crippen LogP contribution is -2.51. The standard InChI is InChI=1S/C14H21FN2/c1-3-7-14(2,10-16)17-8-6-11-4-5-12(15)9-13(11)17/h4-5,9H,3,6-8,10,16H2,1-2H3. The molecule has 2 N–H and O–H groups in total. The number of hydrogen-bond acceptors (Lipinski definition) is 2. The fourth-order valence-electron chi connectivity index (χ4n) is 2.80. The van der Waals surface area contributed by atoms with Gasteiger partial charge in [-0.05, 0) is 37.5 Å². The van der Waals surface area contributed by atoms with E-state index in [-0.39, 0.29) is 11.4 Å². The van der Waals surface area contributed by atoms with E-state index in [2.05, 4.69) is 18.7 Å². The van der Waals surface area contributed by atoms with Gasteiger partial charge in [0, 0.05) is 24.3 Å². The van der Waals surface area contributed by atoms with E-state index in [1.807, 2.05) is 6.07 Å². The Morgan fingerprint density at radius 2 is 2.24 bits per heavy atom. The number of nitrogens with zero attached hydrogens (tertiary/aromatic N) is 1. The smallest absolute Gasteiger partial charge is 0.125 e. The van der Waals surface area contributed by atoms with Gasteiger partial charge in [-0.1, -0.05) is 19.4 Å². The highest BCUT2D eigenvalue weighted by Gasteiger charge is 2.34. The van der Waals surface area contributed by atoms with Crippen LogP contribution in [0.1, 0.15) is 32.3 Å². The van der Waals surface area contributed by atoms with Crippen molar-refractivity contribution >= 4 is 5.69 Å². The summed E-state index contributed by atoms with van der Waals surface area (Å²) in [5.74, 6) is -0.161. The molecule has 0 aliphatic carbocycles. The van der Waals surface area contributed by atoms with Crippen molar-refractivity contribution in [3.8, 4) is 0 Å². The highest BCUT2D eigenvalue weighted by molar-refractivity contribution is 5.60. The second-order valence-corrected chi connectivity index (χ2v) is 5.13. The Hall–Kier alpha value is -1.09. The van der Waals surface area contributed by atoms with E-state index in [9.17, 15) is 4.39 Å². The molecule has 1 heterocycles. The second kappa shape index (κ2) is 4.65. The number of rotatable bonds is 4. The molecule has 17 heavy (non-hydrogen) atoms. The van der Waals surface area contributed by atoms with Crippen LogP contribution in [0.15, 0.2) is 18.2 Å². The minimum atomic E-state index is -0.161. The molecule has 0 bridgehead atoms. The number of halogens is 1. The van der Waals surface area contributed by atoms with Gasteiger partial charge in [0.05, 0.1) is 0 Å². The number of fused-ring (bicyclic) bond motifs is 1. The Bertz CT molecular complexity index is 405. The largest absolute Gasteiger partial charge is 0.364 e. The van der Waals surface area contributed by atoms with Gasteiger partial charge in [0.1, 0.15) is 5.82 Å². The van der Waals surface area contributed by atoms with Crippen molar-refractivity contribution < 1.29 is 4.39 Å². The van der Waals surface area contributed by atoms with E-state index in [1.165, 1.54) is 5.56 Å². The summed E-state index contributed by atoms with van der Waals surface area (Å²) < 4.78 is 13.4. The van der Waals surface area contributed by atoms with Gasteiger partial charge in [0.25, 0.3) is 0 Å². The molecule has 1 atom stereocenters. The van der Waals surface area contributed by atoms with Crippen LogP contribution < -0.4 is 10.6 Å². The normalized spacial score (nSPS) is 18.0. The SMILES string of the molecule is CCCC(C)(CN)N1CCc2ccc(F)cc21. The molecule has 94 valence electrons. The summed E-state index contributed by atoms with van der Waals surface area (Å²) in [6, 6.07) is 5.08. The second-order valence-electron chi connectivity index (χ2n) is 5.13. The topological polar surface area (TPSA) is 29.3 Å². The molecule has 0 saturated heterocycles. The zero-order valence-corrected chi connectivity index (χ0v) is 10.7. The average Bonchev–Trinajstić information content (AvgIpc) is 2.72. The predicted molar refractivity (Wildman–Crippen MR) is 69.8 cm³/mol. The molecule has 2 rings (SSSR count). The van der Waals surface area contributed by atoms with E-state index < -0.39 is 0 Å². The van der Waals surface area contributed by atoms with Crippen molar-refractivity contribution in [3.63, 3.8) is 0 Å². The Morgan fingerprint density at radius 3 is 2.88 bits per heavy atom. The van der Waals surface area contributed by atoms with Gasteiger partial charge < -0.3 is 10.6 Å². The Labute approximate surface area is 103 Å². The first kappa shape index (κ1) is 12.4. The van der Waals surface area contributed by atoms with Gasteiger partial charge in [-0.3, -0.25) is 0 Å². The molecule has 0 amide bonds. The molecule has 1 aliphatic heterocycles. The van der Waals surface area contributed by atoms with Crippen molar-refractivity contribution in [3.05, 3.63) is 29.6 Å². The van der Waals surface area contributed by atoms with Gasteiger partial charge in [-0.25, -0.2) is 4.39 Å². The minimum absolute atomic E-state index is 0.0478. The summed E-state index contributed by atoms with van der Waals surface area (Å²) in [5, 5.41) is 0. The van der Waals surface area contributed by atoms with Crippen molar-refractivity contribution in [2.24, 2.45) is 5.73 Å². The van der Waals surface area contributed by atoms with Gasteiger partial charge in [-0.2, -0.15) is 0 Å². The van der Waals surface area contributed by atoms with Crippen molar-refractivity contribution in [2.45, 2.75) is 38.6 Å². The first-order valence-electron chi connectivity index (χ1n) is 6.37. The molecular formula is C14H21FN2. The van der Waals surface area contributed by atoms with Crippen LogP contribution in [-0.4, -0.2) is 18.6 Å². The summed E-state index contributed by atoms with van der Waals surface area (Å²) in [6.07, 6.45) is 3.13. The van der Waals surface area contributed by atoms with Gasteiger partial charge >= 0.3 is 0 Å². The van der Waals surface area contributed by atoms with Crippen molar-refractivity contribution in [1.82, 2.24) is 0 Å². The van der Waals surface area contributed by atoms with Crippen molar-refractivity contribution in [2.75, 3.05) is 18.0 Å². The Balaban J connectivity index is 2.34. The number of nitrogens with two attached hydrogens (primary N) is 1. The highest BCUT2D eigenvalue weighted by Crippen LogP contribution is 2.35. The van der Waals surface area contributed by atoms with Gasteiger partial charge in [-0.15, -0.1) is 0 Å². The molecule has 0 fully saturated rings. The first-order valence-corrected chi connectivity index (χ1v) is 6.37. The summed E-state index contributed by atoms with van der Waals surface area (Å²) >= 11 is 0. The molecule has 0 spiro atoms. The van der Waals surface area contributed by atoms with Gasteiger partial charge in [0.2, 0.25) is 0 Å². The summed E-state index contributed by atoms with van der Waals surface area (Å²) in [4.78, 5) is 2.29. The maximum absolute atomic E-state index is 13.4. The van der Waals surface area contributed by atoms with Crippen molar-refractivity contribution in [1.29, 1.82) is 0 Å². The molecule has 1 aromatic rings. The highest BCUT2D eigenvalue weighted by atomic mass is 19.1. The third-order valence-corrected chi connectivity index (χ3v) is 3.82. The molecular weight excluding hydrogens is 215 g/mol. The minimum Gasteiger partial charge on any atom is -0.364 e. The number of anilines is 1. The fraction of sp³-hybridized carbons (Fsp3) is 0.571. The Kier molecular flexibility index (Phi) is 3.38. The van der Waals surface area contributed by atoms with E-state index in [4.69, 9.17) is 5.73 Å². The predicted octanol–water partition coefficient (Wildman–Crippen LogP) is 2.71. The maximum atomic E-state index is 13.4. The average molecular weight is 236 g/mol. The number of hydrogen-bond donors (Lipinski definition) is 1. The lowest BCUT2D eigenvalue weighted by molar-refractivity contribution is 0.403. The third-order valence-electron chi connectivity index (χ3n) is 3.82.